The van der Waals surface area contributed by atoms with E-state index < -0.39 is 6.09 Å². The molecule has 2 heterocycles. The van der Waals surface area contributed by atoms with Crippen molar-refractivity contribution >= 4 is 17.8 Å². The Hall–Kier alpha value is -3.04. The third-order valence-corrected chi connectivity index (χ3v) is 4.71. The summed E-state index contributed by atoms with van der Waals surface area (Å²) >= 11 is 0. The van der Waals surface area contributed by atoms with Crippen molar-refractivity contribution in [3.05, 3.63) is 23.5 Å². The standard InChI is InChI=1S/C19H28N6O4/c1-19(2,3)21-18(27)29-12-7-6-11(8-12)13-9-15(23-22-13)20-17(26)14-10-16(28-5)24-25(14)4/h9-12H,6-8H2,1-5H3,(H,21,27)(H2,20,22,23,26)/t11-,12+/m0/s1. The van der Waals surface area contributed by atoms with Gasteiger partial charge in [-0.2, -0.15) is 5.10 Å². The fourth-order valence-corrected chi connectivity index (χ4v) is 3.36. The van der Waals surface area contributed by atoms with Crippen molar-refractivity contribution in [2.24, 2.45) is 7.05 Å². The minimum Gasteiger partial charge on any atom is -0.480 e. The van der Waals surface area contributed by atoms with Gasteiger partial charge in [-0.3, -0.25) is 14.6 Å². The summed E-state index contributed by atoms with van der Waals surface area (Å²) in [7, 11) is 3.16. The molecule has 1 saturated carbocycles. The predicted octanol–water partition coefficient (Wildman–Crippen LogP) is 2.56. The summed E-state index contributed by atoms with van der Waals surface area (Å²) in [6.45, 7) is 5.73. The van der Waals surface area contributed by atoms with E-state index in [9.17, 15) is 9.59 Å². The Bertz CT molecular complexity index is 882. The Balaban J connectivity index is 1.55. The molecule has 158 valence electrons. The lowest BCUT2D eigenvalue weighted by Gasteiger charge is -2.22. The minimum atomic E-state index is -0.396. The highest BCUT2D eigenvalue weighted by Crippen LogP contribution is 2.36. The van der Waals surface area contributed by atoms with Gasteiger partial charge in [-0.25, -0.2) is 4.79 Å². The molecule has 0 unspecified atom stereocenters. The number of methoxy groups -OCH3 is 1. The largest absolute Gasteiger partial charge is 0.480 e. The topological polar surface area (TPSA) is 123 Å². The third-order valence-electron chi connectivity index (χ3n) is 4.71. The first-order chi connectivity index (χ1) is 13.6. The molecule has 0 radical (unpaired) electrons. The summed E-state index contributed by atoms with van der Waals surface area (Å²) < 4.78 is 12.0. The number of nitrogens with zero attached hydrogens (tertiary/aromatic N) is 3. The fraction of sp³-hybridized carbons (Fsp3) is 0.579. The molecule has 0 saturated heterocycles. The lowest BCUT2D eigenvalue weighted by atomic mass is 10.0. The van der Waals surface area contributed by atoms with E-state index in [4.69, 9.17) is 9.47 Å². The second-order valence-electron chi connectivity index (χ2n) is 8.27. The summed E-state index contributed by atoms with van der Waals surface area (Å²) in [5.74, 6) is 0.665. The first-order valence-corrected chi connectivity index (χ1v) is 9.58. The van der Waals surface area contributed by atoms with Crippen LogP contribution in [0.5, 0.6) is 5.88 Å². The van der Waals surface area contributed by atoms with E-state index in [-0.39, 0.29) is 23.5 Å². The van der Waals surface area contributed by atoms with Gasteiger partial charge in [0.15, 0.2) is 5.82 Å². The van der Waals surface area contributed by atoms with Crippen molar-refractivity contribution < 1.29 is 19.1 Å². The Labute approximate surface area is 169 Å². The van der Waals surface area contributed by atoms with Crippen LogP contribution < -0.4 is 15.4 Å². The van der Waals surface area contributed by atoms with Crippen LogP contribution in [0.4, 0.5) is 10.6 Å². The number of H-pyrrole nitrogens is 1. The summed E-state index contributed by atoms with van der Waals surface area (Å²) in [6, 6.07) is 3.37. The van der Waals surface area contributed by atoms with Crippen molar-refractivity contribution in [2.75, 3.05) is 12.4 Å². The SMILES string of the molecule is COc1cc(C(=O)Nc2cc([C@H]3CC[C@@H](OC(=O)NC(C)(C)C)C3)[nH]n2)n(C)n1. The van der Waals surface area contributed by atoms with Crippen LogP contribution in [0.2, 0.25) is 0 Å². The Morgan fingerprint density at radius 1 is 1.28 bits per heavy atom. The van der Waals surface area contributed by atoms with Crippen LogP contribution in [0.25, 0.3) is 0 Å². The van der Waals surface area contributed by atoms with Gasteiger partial charge in [0, 0.05) is 36.3 Å². The lowest BCUT2D eigenvalue weighted by molar-refractivity contribution is 0.0935. The van der Waals surface area contributed by atoms with Gasteiger partial charge in [-0.05, 0) is 40.0 Å². The smallest absolute Gasteiger partial charge is 0.407 e. The molecule has 0 aromatic carbocycles. The molecule has 1 fully saturated rings. The lowest BCUT2D eigenvalue weighted by Crippen LogP contribution is -2.42. The monoisotopic (exact) mass is 404 g/mol. The molecule has 2 amide bonds. The highest BCUT2D eigenvalue weighted by Gasteiger charge is 2.30. The molecule has 10 nitrogen and oxygen atoms in total. The Morgan fingerprint density at radius 2 is 2.03 bits per heavy atom. The number of rotatable bonds is 5. The zero-order chi connectivity index (χ0) is 21.2. The van der Waals surface area contributed by atoms with Crippen LogP contribution in [0, 0.1) is 0 Å². The maximum absolute atomic E-state index is 12.4. The van der Waals surface area contributed by atoms with Crippen molar-refractivity contribution in [3.8, 4) is 5.88 Å². The van der Waals surface area contributed by atoms with E-state index in [1.807, 2.05) is 26.8 Å². The highest BCUT2D eigenvalue weighted by atomic mass is 16.6. The van der Waals surface area contributed by atoms with Gasteiger partial charge in [0.05, 0.1) is 7.11 Å². The zero-order valence-electron chi connectivity index (χ0n) is 17.4. The number of aromatic amines is 1. The number of hydrogen-bond acceptors (Lipinski definition) is 6. The average molecular weight is 404 g/mol. The van der Waals surface area contributed by atoms with E-state index in [0.29, 0.717) is 23.8 Å². The molecule has 2 aromatic rings. The van der Waals surface area contributed by atoms with Crippen molar-refractivity contribution in [3.63, 3.8) is 0 Å². The zero-order valence-corrected chi connectivity index (χ0v) is 17.4. The molecule has 0 spiro atoms. The van der Waals surface area contributed by atoms with Crippen LogP contribution in [-0.2, 0) is 11.8 Å². The van der Waals surface area contributed by atoms with Crippen molar-refractivity contribution in [2.45, 2.75) is 57.6 Å². The molecule has 1 aliphatic carbocycles. The van der Waals surface area contributed by atoms with Crippen LogP contribution in [0.3, 0.4) is 0 Å². The van der Waals surface area contributed by atoms with Gasteiger partial charge >= 0.3 is 6.09 Å². The Morgan fingerprint density at radius 3 is 2.69 bits per heavy atom. The van der Waals surface area contributed by atoms with E-state index in [2.05, 4.69) is 25.9 Å². The fourth-order valence-electron chi connectivity index (χ4n) is 3.36. The van der Waals surface area contributed by atoms with Gasteiger partial charge in [-0.15, -0.1) is 5.10 Å². The van der Waals surface area contributed by atoms with Crippen LogP contribution in [0.1, 0.15) is 62.1 Å². The highest BCUT2D eigenvalue weighted by molar-refractivity contribution is 6.02. The number of carbonyl (C=O) groups is 2. The van der Waals surface area contributed by atoms with Crippen LogP contribution in [0.15, 0.2) is 12.1 Å². The molecule has 3 N–H and O–H groups in total. The number of alkyl carbamates (subject to hydrolysis) is 1. The van der Waals surface area contributed by atoms with E-state index >= 15 is 0 Å². The molecule has 29 heavy (non-hydrogen) atoms. The molecular weight excluding hydrogens is 376 g/mol. The normalized spacial score (nSPS) is 19.1. The maximum Gasteiger partial charge on any atom is 0.407 e. The molecule has 10 heteroatoms. The first kappa shape index (κ1) is 20.7. The number of amides is 2. The number of carbonyl (C=O) groups excluding carboxylic acids is 2. The summed E-state index contributed by atoms with van der Waals surface area (Å²) in [5.41, 5.74) is 0.944. The second kappa shape index (κ2) is 8.14. The number of hydrogen-bond donors (Lipinski definition) is 3. The van der Waals surface area contributed by atoms with Crippen LogP contribution in [-0.4, -0.2) is 50.7 Å². The molecule has 2 aromatic heterocycles. The molecular formula is C19H28N6O4. The predicted molar refractivity (Wildman–Crippen MR) is 106 cm³/mol. The van der Waals surface area contributed by atoms with Gasteiger partial charge in [0.2, 0.25) is 5.88 Å². The average Bonchev–Trinajstić information content (AvgIpc) is 3.32. The third kappa shape index (κ3) is 5.27. The summed E-state index contributed by atoms with van der Waals surface area (Å²) in [6.07, 6.45) is 1.85. The maximum atomic E-state index is 12.4. The summed E-state index contributed by atoms with van der Waals surface area (Å²) in [5, 5.41) is 16.8. The summed E-state index contributed by atoms with van der Waals surface area (Å²) in [4.78, 5) is 24.4. The molecule has 1 aliphatic rings. The van der Waals surface area contributed by atoms with Crippen molar-refractivity contribution in [1.29, 1.82) is 0 Å². The number of anilines is 1. The van der Waals surface area contributed by atoms with E-state index in [1.165, 1.54) is 11.8 Å². The number of ether oxygens (including phenoxy) is 2. The molecule has 2 atom stereocenters. The van der Waals surface area contributed by atoms with E-state index in [0.717, 1.165) is 18.5 Å². The minimum absolute atomic E-state index is 0.134. The molecule has 3 rings (SSSR count). The molecule has 0 aliphatic heterocycles. The van der Waals surface area contributed by atoms with Gasteiger partial charge in [0.1, 0.15) is 11.8 Å². The quantitative estimate of drug-likeness (QED) is 0.704. The van der Waals surface area contributed by atoms with Gasteiger partial charge in [0.25, 0.3) is 5.91 Å². The number of nitrogens with one attached hydrogen (secondary N) is 3. The van der Waals surface area contributed by atoms with E-state index in [1.54, 1.807) is 13.1 Å². The second-order valence-corrected chi connectivity index (χ2v) is 8.27. The van der Waals surface area contributed by atoms with Gasteiger partial charge in [-0.1, -0.05) is 0 Å². The first-order valence-electron chi connectivity index (χ1n) is 9.58. The number of aryl methyl sites for hydroxylation is 1. The molecule has 0 bridgehead atoms. The Kier molecular flexibility index (Phi) is 5.81. The van der Waals surface area contributed by atoms with Crippen LogP contribution >= 0.6 is 0 Å². The van der Waals surface area contributed by atoms with Crippen molar-refractivity contribution in [1.82, 2.24) is 25.3 Å². The van der Waals surface area contributed by atoms with Gasteiger partial charge < -0.3 is 20.1 Å². The number of aromatic nitrogens is 4.